The fourth-order valence-corrected chi connectivity index (χ4v) is 2.07. The van der Waals surface area contributed by atoms with Gasteiger partial charge in [-0.05, 0) is 42.5 Å². The van der Waals surface area contributed by atoms with Crippen LogP contribution in [0.5, 0.6) is 0 Å². The van der Waals surface area contributed by atoms with E-state index >= 15 is 0 Å². The van der Waals surface area contributed by atoms with Crippen molar-refractivity contribution < 1.29 is 4.79 Å². The van der Waals surface area contributed by atoms with E-state index in [1.807, 2.05) is 0 Å². The van der Waals surface area contributed by atoms with Gasteiger partial charge in [0.05, 0.1) is 0 Å². The standard InChI is InChI=1S/C13H11Cl2N3O/c14-9-5-10(15)7-12(6-9)17-13(19)8-1-3-11(18-16)4-2-8/h1-7,18H,16H2,(H,17,19). The quantitative estimate of drug-likeness (QED) is 0.599. The van der Waals surface area contributed by atoms with Gasteiger partial charge in [-0.25, -0.2) is 0 Å². The molecule has 4 N–H and O–H groups in total. The number of halogens is 2. The van der Waals surface area contributed by atoms with E-state index in [1.54, 1.807) is 42.5 Å². The molecule has 6 heteroatoms. The highest BCUT2D eigenvalue weighted by atomic mass is 35.5. The summed E-state index contributed by atoms with van der Waals surface area (Å²) < 4.78 is 0. The zero-order valence-corrected chi connectivity index (χ0v) is 11.3. The molecule has 0 saturated heterocycles. The van der Waals surface area contributed by atoms with E-state index in [-0.39, 0.29) is 5.91 Å². The third-order valence-electron chi connectivity index (χ3n) is 2.43. The molecule has 0 atom stereocenters. The molecule has 0 spiro atoms. The molecular formula is C13H11Cl2N3O. The minimum atomic E-state index is -0.248. The van der Waals surface area contributed by atoms with Gasteiger partial charge < -0.3 is 10.7 Å². The first-order valence-electron chi connectivity index (χ1n) is 5.42. The van der Waals surface area contributed by atoms with Crippen molar-refractivity contribution in [2.45, 2.75) is 0 Å². The summed E-state index contributed by atoms with van der Waals surface area (Å²) in [6, 6.07) is 11.6. The lowest BCUT2D eigenvalue weighted by atomic mass is 10.2. The molecule has 0 aliphatic rings. The monoisotopic (exact) mass is 295 g/mol. The minimum Gasteiger partial charge on any atom is -0.324 e. The SMILES string of the molecule is NNc1ccc(C(=O)Nc2cc(Cl)cc(Cl)c2)cc1. The van der Waals surface area contributed by atoms with Crippen molar-refractivity contribution in [2.24, 2.45) is 5.84 Å². The van der Waals surface area contributed by atoms with Gasteiger partial charge in [0.15, 0.2) is 0 Å². The topological polar surface area (TPSA) is 67.1 Å². The van der Waals surface area contributed by atoms with Crippen molar-refractivity contribution in [2.75, 3.05) is 10.7 Å². The van der Waals surface area contributed by atoms with Crippen LogP contribution >= 0.6 is 23.2 Å². The molecule has 0 aromatic heterocycles. The lowest BCUT2D eigenvalue weighted by molar-refractivity contribution is 0.102. The Kier molecular flexibility index (Phi) is 4.27. The molecular weight excluding hydrogens is 285 g/mol. The summed E-state index contributed by atoms with van der Waals surface area (Å²) >= 11 is 11.7. The molecule has 0 saturated carbocycles. The summed E-state index contributed by atoms with van der Waals surface area (Å²) in [5.74, 6) is 5.00. The Morgan fingerprint density at radius 2 is 1.53 bits per heavy atom. The second-order valence-electron chi connectivity index (χ2n) is 3.83. The molecule has 0 aliphatic heterocycles. The third kappa shape index (κ3) is 3.61. The second-order valence-corrected chi connectivity index (χ2v) is 4.71. The van der Waals surface area contributed by atoms with Crippen molar-refractivity contribution in [3.05, 3.63) is 58.1 Å². The van der Waals surface area contributed by atoms with Gasteiger partial charge in [-0.3, -0.25) is 10.6 Å². The van der Waals surface area contributed by atoms with Crippen LogP contribution < -0.4 is 16.6 Å². The van der Waals surface area contributed by atoms with Crippen LogP contribution in [-0.2, 0) is 0 Å². The fraction of sp³-hybridized carbons (Fsp3) is 0. The predicted octanol–water partition coefficient (Wildman–Crippen LogP) is 3.53. The van der Waals surface area contributed by atoms with Crippen molar-refractivity contribution in [3.63, 3.8) is 0 Å². The number of hydrogen-bond donors (Lipinski definition) is 3. The number of anilines is 2. The van der Waals surface area contributed by atoms with Crippen molar-refractivity contribution in [3.8, 4) is 0 Å². The summed E-state index contributed by atoms with van der Waals surface area (Å²) in [6.07, 6.45) is 0. The lowest BCUT2D eigenvalue weighted by Crippen LogP contribution is -2.12. The Labute approximate surface area is 120 Å². The van der Waals surface area contributed by atoms with Gasteiger partial charge in [-0.15, -0.1) is 0 Å². The van der Waals surface area contributed by atoms with E-state index in [9.17, 15) is 4.79 Å². The Morgan fingerprint density at radius 3 is 2.05 bits per heavy atom. The molecule has 0 radical (unpaired) electrons. The molecule has 1 amide bonds. The van der Waals surface area contributed by atoms with Crippen molar-refractivity contribution in [1.29, 1.82) is 0 Å². The maximum absolute atomic E-state index is 12.0. The minimum absolute atomic E-state index is 0.248. The van der Waals surface area contributed by atoms with Gasteiger partial charge in [0, 0.05) is 27.0 Å². The molecule has 0 bridgehead atoms. The fourth-order valence-electron chi connectivity index (χ4n) is 1.55. The molecule has 4 nitrogen and oxygen atoms in total. The average Bonchev–Trinajstić information content (AvgIpc) is 2.37. The summed E-state index contributed by atoms with van der Waals surface area (Å²) in [7, 11) is 0. The highest BCUT2D eigenvalue weighted by molar-refractivity contribution is 6.35. The average molecular weight is 296 g/mol. The molecule has 2 rings (SSSR count). The number of hydrogen-bond acceptors (Lipinski definition) is 3. The normalized spacial score (nSPS) is 10.1. The van der Waals surface area contributed by atoms with Gasteiger partial charge in [-0.2, -0.15) is 0 Å². The number of carbonyl (C=O) groups excluding carboxylic acids is 1. The molecule has 19 heavy (non-hydrogen) atoms. The summed E-state index contributed by atoms with van der Waals surface area (Å²) in [4.78, 5) is 12.0. The van der Waals surface area contributed by atoms with E-state index in [0.717, 1.165) is 5.69 Å². The zero-order chi connectivity index (χ0) is 13.8. The first-order valence-corrected chi connectivity index (χ1v) is 6.18. The van der Waals surface area contributed by atoms with Gasteiger partial charge in [0.25, 0.3) is 5.91 Å². The molecule has 98 valence electrons. The number of benzene rings is 2. The highest BCUT2D eigenvalue weighted by Gasteiger charge is 2.07. The Morgan fingerprint density at radius 1 is 0.947 bits per heavy atom. The van der Waals surface area contributed by atoms with Crippen LogP contribution in [-0.4, -0.2) is 5.91 Å². The maximum atomic E-state index is 12.0. The Balaban J connectivity index is 2.15. The van der Waals surface area contributed by atoms with E-state index < -0.39 is 0 Å². The van der Waals surface area contributed by atoms with Crippen LogP contribution in [0.4, 0.5) is 11.4 Å². The second kappa shape index (κ2) is 5.93. The third-order valence-corrected chi connectivity index (χ3v) is 2.87. The van der Waals surface area contributed by atoms with Crippen LogP contribution in [0.2, 0.25) is 10.0 Å². The lowest BCUT2D eigenvalue weighted by Gasteiger charge is -2.07. The zero-order valence-electron chi connectivity index (χ0n) is 9.78. The van der Waals surface area contributed by atoms with Crippen LogP contribution in [0, 0.1) is 0 Å². The Hall–Kier alpha value is -1.75. The van der Waals surface area contributed by atoms with E-state index in [1.165, 1.54) is 0 Å². The number of nitrogens with one attached hydrogen (secondary N) is 2. The van der Waals surface area contributed by atoms with Gasteiger partial charge in [-0.1, -0.05) is 23.2 Å². The maximum Gasteiger partial charge on any atom is 0.255 e. The summed E-state index contributed by atoms with van der Waals surface area (Å²) in [5.41, 5.74) is 4.27. The molecule has 0 fully saturated rings. The number of nitrogen functional groups attached to an aromatic ring is 1. The van der Waals surface area contributed by atoms with Crippen LogP contribution in [0.1, 0.15) is 10.4 Å². The summed E-state index contributed by atoms with van der Waals surface area (Å²) in [6.45, 7) is 0. The number of hydrazine groups is 1. The smallest absolute Gasteiger partial charge is 0.255 e. The van der Waals surface area contributed by atoms with Gasteiger partial charge in [0.1, 0.15) is 0 Å². The number of rotatable bonds is 3. The van der Waals surface area contributed by atoms with Crippen molar-refractivity contribution in [1.82, 2.24) is 0 Å². The molecule has 0 heterocycles. The molecule has 0 unspecified atom stereocenters. The van der Waals surface area contributed by atoms with Crippen LogP contribution in [0.15, 0.2) is 42.5 Å². The number of carbonyl (C=O) groups is 1. The molecule has 2 aromatic carbocycles. The van der Waals surface area contributed by atoms with E-state index in [2.05, 4.69) is 10.7 Å². The van der Waals surface area contributed by atoms with Crippen molar-refractivity contribution >= 4 is 40.5 Å². The van der Waals surface area contributed by atoms with E-state index in [4.69, 9.17) is 29.0 Å². The Bertz CT molecular complexity index is 579. The van der Waals surface area contributed by atoms with Crippen LogP contribution in [0.25, 0.3) is 0 Å². The number of nitrogens with two attached hydrogens (primary N) is 1. The summed E-state index contributed by atoms with van der Waals surface area (Å²) in [5, 5.41) is 3.64. The highest BCUT2D eigenvalue weighted by Crippen LogP contribution is 2.23. The van der Waals surface area contributed by atoms with E-state index in [0.29, 0.717) is 21.3 Å². The van der Waals surface area contributed by atoms with Crippen LogP contribution in [0.3, 0.4) is 0 Å². The van der Waals surface area contributed by atoms with Gasteiger partial charge >= 0.3 is 0 Å². The predicted molar refractivity (Wildman–Crippen MR) is 78.7 cm³/mol. The first-order chi connectivity index (χ1) is 9.08. The first kappa shape index (κ1) is 13.7. The largest absolute Gasteiger partial charge is 0.324 e. The number of amides is 1. The molecule has 2 aromatic rings. The van der Waals surface area contributed by atoms with Gasteiger partial charge in [0.2, 0.25) is 0 Å². The molecule has 0 aliphatic carbocycles.